The number of halogens is 4. The van der Waals surface area contributed by atoms with Crippen LogP contribution in [0.2, 0.25) is 5.02 Å². The van der Waals surface area contributed by atoms with Crippen LogP contribution in [-0.2, 0) is 6.18 Å². The van der Waals surface area contributed by atoms with Crippen LogP contribution < -0.4 is 10.1 Å². The molecule has 106 valence electrons. The summed E-state index contributed by atoms with van der Waals surface area (Å²) in [6.07, 6.45) is -3.75. The van der Waals surface area contributed by atoms with Gasteiger partial charge in [0.05, 0.1) is 23.4 Å². The first-order valence-corrected chi connectivity index (χ1v) is 5.92. The lowest BCUT2D eigenvalue weighted by Crippen LogP contribution is -2.06. The van der Waals surface area contributed by atoms with Crippen LogP contribution in [0.3, 0.4) is 0 Å². The molecule has 2 rings (SSSR count). The molecule has 0 atom stereocenters. The molecule has 0 aliphatic heterocycles. The third-order valence-corrected chi connectivity index (χ3v) is 2.82. The van der Waals surface area contributed by atoms with E-state index in [2.05, 4.69) is 10.3 Å². The van der Waals surface area contributed by atoms with Crippen molar-refractivity contribution in [2.75, 3.05) is 12.4 Å². The Labute approximate surface area is 118 Å². The molecule has 1 aromatic carbocycles. The molecule has 20 heavy (non-hydrogen) atoms. The summed E-state index contributed by atoms with van der Waals surface area (Å²) in [7, 11) is 1.49. The van der Waals surface area contributed by atoms with Gasteiger partial charge in [-0.15, -0.1) is 0 Å². The molecule has 0 bridgehead atoms. The number of aromatic nitrogens is 1. The number of benzene rings is 1. The van der Waals surface area contributed by atoms with Gasteiger partial charge in [0, 0.05) is 6.20 Å². The van der Waals surface area contributed by atoms with E-state index in [1.807, 2.05) is 0 Å². The Morgan fingerprint density at radius 1 is 1.25 bits per heavy atom. The molecule has 0 amide bonds. The van der Waals surface area contributed by atoms with Crippen LogP contribution in [0, 0.1) is 0 Å². The van der Waals surface area contributed by atoms with Gasteiger partial charge in [-0.25, -0.2) is 4.98 Å². The lowest BCUT2D eigenvalue weighted by Gasteiger charge is -2.12. The van der Waals surface area contributed by atoms with Crippen LogP contribution in [0.1, 0.15) is 5.56 Å². The molecule has 0 saturated heterocycles. The highest BCUT2D eigenvalue weighted by Gasteiger charge is 2.31. The molecule has 0 radical (unpaired) electrons. The second kappa shape index (κ2) is 5.58. The summed E-state index contributed by atoms with van der Waals surface area (Å²) in [6.45, 7) is 0. The number of nitrogens with zero attached hydrogens (tertiary/aromatic N) is 1. The second-order valence-corrected chi connectivity index (χ2v) is 4.28. The fourth-order valence-corrected chi connectivity index (χ4v) is 1.77. The molecule has 1 heterocycles. The van der Waals surface area contributed by atoms with Crippen molar-refractivity contribution in [1.82, 2.24) is 4.98 Å². The predicted octanol–water partition coefficient (Wildman–Crippen LogP) is 4.51. The van der Waals surface area contributed by atoms with E-state index < -0.39 is 11.7 Å². The average Bonchev–Trinajstić information content (AvgIpc) is 2.40. The molecule has 1 N–H and O–H groups in total. The molecule has 0 fully saturated rings. The van der Waals surface area contributed by atoms with Crippen molar-refractivity contribution >= 4 is 23.1 Å². The maximum absolute atomic E-state index is 12.5. The average molecular weight is 303 g/mol. The highest BCUT2D eigenvalue weighted by atomic mass is 35.5. The lowest BCUT2D eigenvalue weighted by molar-refractivity contribution is -0.137. The van der Waals surface area contributed by atoms with Gasteiger partial charge in [0.1, 0.15) is 11.6 Å². The van der Waals surface area contributed by atoms with Gasteiger partial charge in [-0.05, 0) is 18.2 Å². The zero-order chi connectivity index (χ0) is 14.8. The van der Waals surface area contributed by atoms with Gasteiger partial charge in [-0.3, -0.25) is 0 Å². The zero-order valence-electron chi connectivity index (χ0n) is 10.3. The molecular weight excluding hydrogens is 293 g/mol. The molecule has 7 heteroatoms. The highest BCUT2D eigenvalue weighted by Crippen LogP contribution is 2.34. The van der Waals surface area contributed by atoms with Crippen LogP contribution in [0.4, 0.5) is 24.7 Å². The first kappa shape index (κ1) is 14.5. The van der Waals surface area contributed by atoms with Gasteiger partial charge < -0.3 is 10.1 Å². The van der Waals surface area contributed by atoms with Crippen LogP contribution in [-0.4, -0.2) is 12.1 Å². The van der Waals surface area contributed by atoms with Crippen molar-refractivity contribution in [3.8, 4) is 5.75 Å². The number of anilines is 2. The van der Waals surface area contributed by atoms with Gasteiger partial charge in [-0.1, -0.05) is 23.7 Å². The van der Waals surface area contributed by atoms with Crippen molar-refractivity contribution in [3.63, 3.8) is 0 Å². The largest absolute Gasteiger partial charge is 0.495 e. The first-order chi connectivity index (χ1) is 9.41. The highest BCUT2D eigenvalue weighted by molar-refractivity contribution is 6.33. The Hall–Kier alpha value is -1.95. The maximum atomic E-state index is 12.5. The lowest BCUT2D eigenvalue weighted by atomic mass is 10.2. The number of rotatable bonds is 3. The summed E-state index contributed by atoms with van der Waals surface area (Å²) in [4.78, 5) is 3.70. The summed E-state index contributed by atoms with van der Waals surface area (Å²) < 4.78 is 42.6. The Kier molecular flexibility index (Phi) is 4.04. The van der Waals surface area contributed by atoms with Crippen molar-refractivity contribution in [3.05, 3.63) is 47.1 Å². The topological polar surface area (TPSA) is 34.1 Å². The van der Waals surface area contributed by atoms with E-state index >= 15 is 0 Å². The Bertz CT molecular complexity index is 617. The fraction of sp³-hybridized carbons (Fsp3) is 0.154. The summed E-state index contributed by atoms with van der Waals surface area (Å²) in [5, 5.41) is 2.72. The monoisotopic (exact) mass is 302 g/mol. The molecule has 1 aromatic heterocycles. The zero-order valence-corrected chi connectivity index (χ0v) is 11.1. The van der Waals surface area contributed by atoms with E-state index in [0.29, 0.717) is 11.4 Å². The van der Waals surface area contributed by atoms with Gasteiger partial charge in [0.2, 0.25) is 0 Å². The van der Waals surface area contributed by atoms with Crippen molar-refractivity contribution in [2.45, 2.75) is 6.18 Å². The molecule has 0 unspecified atom stereocenters. The Balaban J connectivity index is 2.31. The molecule has 0 saturated carbocycles. The van der Waals surface area contributed by atoms with Crippen molar-refractivity contribution in [1.29, 1.82) is 0 Å². The molecule has 0 aliphatic carbocycles. The summed E-state index contributed by atoms with van der Waals surface area (Å²) in [5.74, 6) is 0.662. The fourth-order valence-electron chi connectivity index (χ4n) is 1.56. The smallest absolute Gasteiger partial charge is 0.417 e. The summed E-state index contributed by atoms with van der Waals surface area (Å²) in [6, 6.07) is 7.76. The minimum absolute atomic E-state index is 0.120. The number of ether oxygens (including phenoxy) is 1. The number of hydrogen-bond donors (Lipinski definition) is 1. The molecule has 0 spiro atoms. The molecular formula is C13H10ClF3N2O. The summed E-state index contributed by atoms with van der Waals surface area (Å²) >= 11 is 5.82. The van der Waals surface area contributed by atoms with E-state index in [1.165, 1.54) is 7.11 Å². The number of para-hydroxylation sites is 2. The minimum Gasteiger partial charge on any atom is -0.495 e. The minimum atomic E-state index is -4.47. The number of hydrogen-bond acceptors (Lipinski definition) is 3. The van der Waals surface area contributed by atoms with E-state index in [1.54, 1.807) is 24.3 Å². The van der Waals surface area contributed by atoms with Crippen molar-refractivity contribution in [2.24, 2.45) is 0 Å². The second-order valence-electron chi connectivity index (χ2n) is 3.88. The number of nitrogens with one attached hydrogen (secondary N) is 1. The maximum Gasteiger partial charge on any atom is 0.417 e. The van der Waals surface area contributed by atoms with Crippen molar-refractivity contribution < 1.29 is 17.9 Å². The van der Waals surface area contributed by atoms with E-state index in [4.69, 9.17) is 16.3 Å². The molecule has 0 aliphatic rings. The van der Waals surface area contributed by atoms with Gasteiger partial charge in [0.25, 0.3) is 0 Å². The molecule has 3 nitrogen and oxygen atoms in total. The van der Waals surface area contributed by atoms with Gasteiger partial charge in [0.15, 0.2) is 0 Å². The SMILES string of the molecule is COc1ccccc1Nc1ncc(C(F)(F)F)cc1Cl. The van der Waals surface area contributed by atoms with Crippen LogP contribution >= 0.6 is 11.6 Å². The Morgan fingerprint density at radius 2 is 1.95 bits per heavy atom. The normalized spacial score (nSPS) is 11.2. The van der Waals surface area contributed by atoms with Crippen LogP contribution in [0.25, 0.3) is 0 Å². The summed E-state index contributed by atoms with van der Waals surface area (Å²) in [5.41, 5.74) is -0.336. The van der Waals surface area contributed by atoms with Crippen LogP contribution in [0.15, 0.2) is 36.5 Å². The number of pyridine rings is 1. The molecule has 2 aromatic rings. The predicted molar refractivity (Wildman–Crippen MR) is 70.5 cm³/mol. The van der Waals surface area contributed by atoms with Gasteiger partial charge >= 0.3 is 6.18 Å². The standard InChI is InChI=1S/C13H10ClF3N2O/c1-20-11-5-3-2-4-10(11)19-12-9(14)6-8(7-18-12)13(15,16)17/h2-7H,1H3,(H,18,19). The Morgan fingerprint density at radius 3 is 2.55 bits per heavy atom. The quantitative estimate of drug-likeness (QED) is 0.906. The number of methoxy groups -OCH3 is 1. The van der Waals surface area contributed by atoms with E-state index in [-0.39, 0.29) is 10.8 Å². The van der Waals surface area contributed by atoms with E-state index in [9.17, 15) is 13.2 Å². The van der Waals surface area contributed by atoms with E-state index in [0.717, 1.165) is 12.3 Å². The third kappa shape index (κ3) is 3.14. The van der Waals surface area contributed by atoms with Gasteiger partial charge in [-0.2, -0.15) is 13.2 Å². The van der Waals surface area contributed by atoms with Crippen LogP contribution in [0.5, 0.6) is 5.75 Å². The first-order valence-electron chi connectivity index (χ1n) is 5.54. The number of alkyl halides is 3. The third-order valence-electron chi connectivity index (χ3n) is 2.53.